The minimum Gasteiger partial charge on any atom is -0.366 e. The minimum absolute atomic E-state index is 0.0563. The molecule has 4 nitrogen and oxygen atoms in total. The molecular weight excluding hydrogens is 248 g/mol. The number of amides is 1. The smallest absolute Gasteiger partial charge is 0.253 e. The maximum Gasteiger partial charge on any atom is 0.253 e. The highest BCUT2D eigenvalue weighted by molar-refractivity contribution is 7.12. The zero-order chi connectivity index (χ0) is 13.1. The summed E-state index contributed by atoms with van der Waals surface area (Å²) < 4.78 is 5.50. The summed E-state index contributed by atoms with van der Waals surface area (Å²) in [5, 5.41) is 3.18. The first kappa shape index (κ1) is 13.5. The predicted octanol–water partition coefficient (Wildman–Crippen LogP) is 1.56. The molecule has 1 fully saturated rings. The van der Waals surface area contributed by atoms with Crippen molar-refractivity contribution in [3.8, 4) is 0 Å². The molecule has 1 aliphatic heterocycles. The summed E-state index contributed by atoms with van der Waals surface area (Å²) in [5.74, 6) is 0.0563. The van der Waals surface area contributed by atoms with Crippen LogP contribution in [0.3, 0.4) is 0 Å². The van der Waals surface area contributed by atoms with Crippen molar-refractivity contribution in [2.24, 2.45) is 0 Å². The van der Waals surface area contributed by atoms with Gasteiger partial charge in [0.25, 0.3) is 5.91 Å². The number of nitrogens with one attached hydrogen (secondary N) is 1. The molecule has 2 atom stereocenters. The lowest BCUT2D eigenvalue weighted by Gasteiger charge is -2.30. The van der Waals surface area contributed by atoms with Crippen LogP contribution in [0, 0.1) is 6.92 Å². The fourth-order valence-electron chi connectivity index (χ4n) is 2.01. The van der Waals surface area contributed by atoms with Gasteiger partial charge >= 0.3 is 0 Å². The van der Waals surface area contributed by atoms with Gasteiger partial charge in [-0.15, -0.1) is 11.3 Å². The van der Waals surface area contributed by atoms with E-state index in [4.69, 9.17) is 4.74 Å². The number of hydrogen-bond donors (Lipinski definition) is 1. The van der Waals surface area contributed by atoms with Crippen LogP contribution in [0.4, 0.5) is 0 Å². The lowest BCUT2D eigenvalue weighted by molar-refractivity contribution is -0.145. The third kappa shape index (κ3) is 2.91. The third-order valence-corrected chi connectivity index (χ3v) is 4.48. The monoisotopic (exact) mass is 268 g/mol. The van der Waals surface area contributed by atoms with E-state index in [9.17, 15) is 4.79 Å². The number of hydrogen-bond acceptors (Lipinski definition) is 4. The summed E-state index contributed by atoms with van der Waals surface area (Å²) >= 11 is 1.74. The second-order valence-electron chi connectivity index (χ2n) is 4.64. The van der Waals surface area contributed by atoms with Gasteiger partial charge in [0.15, 0.2) is 0 Å². The Kier molecular flexibility index (Phi) is 4.37. The van der Waals surface area contributed by atoms with Crippen LogP contribution in [-0.4, -0.2) is 43.7 Å². The highest BCUT2D eigenvalue weighted by Crippen LogP contribution is 2.26. The third-order valence-electron chi connectivity index (χ3n) is 3.30. The molecule has 0 saturated carbocycles. The summed E-state index contributed by atoms with van der Waals surface area (Å²) in [6.45, 7) is 6.18. The average molecular weight is 268 g/mol. The van der Waals surface area contributed by atoms with Gasteiger partial charge in [0.05, 0.1) is 12.6 Å². The van der Waals surface area contributed by atoms with Crippen LogP contribution in [0.25, 0.3) is 0 Å². The van der Waals surface area contributed by atoms with E-state index in [1.54, 1.807) is 16.2 Å². The van der Waals surface area contributed by atoms with Gasteiger partial charge in [-0.05, 0) is 26.0 Å². The van der Waals surface area contributed by atoms with Crippen molar-refractivity contribution in [1.29, 1.82) is 0 Å². The summed E-state index contributed by atoms with van der Waals surface area (Å²) in [4.78, 5) is 16.6. The number of carbonyl (C=O) groups excluding carboxylic acids is 1. The van der Waals surface area contributed by atoms with Gasteiger partial charge in [0.1, 0.15) is 6.10 Å². The number of aryl methyl sites for hydroxylation is 1. The van der Waals surface area contributed by atoms with Crippen LogP contribution in [0.2, 0.25) is 0 Å². The Labute approximate surface area is 112 Å². The summed E-state index contributed by atoms with van der Waals surface area (Å²) in [5.41, 5.74) is 0. The lowest BCUT2D eigenvalue weighted by atomic mass is 10.2. The van der Waals surface area contributed by atoms with Crippen molar-refractivity contribution in [1.82, 2.24) is 10.2 Å². The maximum atomic E-state index is 12.3. The molecule has 100 valence electrons. The Morgan fingerprint density at radius 1 is 1.61 bits per heavy atom. The van der Waals surface area contributed by atoms with Crippen LogP contribution >= 0.6 is 11.3 Å². The molecule has 2 unspecified atom stereocenters. The molecule has 0 radical (unpaired) electrons. The molecule has 1 aromatic rings. The van der Waals surface area contributed by atoms with E-state index in [0.717, 1.165) is 6.54 Å². The quantitative estimate of drug-likeness (QED) is 0.904. The van der Waals surface area contributed by atoms with E-state index < -0.39 is 0 Å². The van der Waals surface area contributed by atoms with Crippen molar-refractivity contribution in [3.63, 3.8) is 0 Å². The van der Waals surface area contributed by atoms with Crippen LogP contribution in [0.5, 0.6) is 0 Å². The average Bonchev–Trinajstić information content (AvgIpc) is 2.84. The molecule has 1 aliphatic rings. The Bertz CT molecular complexity index is 413. The topological polar surface area (TPSA) is 41.6 Å². The number of thiophene rings is 1. The zero-order valence-corrected chi connectivity index (χ0v) is 11.9. The van der Waals surface area contributed by atoms with E-state index >= 15 is 0 Å². The van der Waals surface area contributed by atoms with Crippen LogP contribution in [0.1, 0.15) is 22.7 Å². The molecule has 0 bridgehead atoms. The Hall–Kier alpha value is -0.910. The first-order valence-corrected chi connectivity index (χ1v) is 7.06. The number of rotatable bonds is 3. The standard InChI is InChI=1S/C13H20N2O2S/c1-9-4-5-12(18-9)10(2)15(3)13(16)11-8-14-6-7-17-11/h4-5,10-11,14H,6-8H2,1-3H3. The van der Waals surface area contributed by atoms with Crippen LogP contribution < -0.4 is 5.32 Å². The predicted molar refractivity (Wildman–Crippen MR) is 72.9 cm³/mol. The van der Waals surface area contributed by atoms with Crippen molar-refractivity contribution in [2.75, 3.05) is 26.7 Å². The van der Waals surface area contributed by atoms with Gasteiger partial charge in [-0.1, -0.05) is 0 Å². The number of carbonyl (C=O) groups is 1. The summed E-state index contributed by atoms with van der Waals surface area (Å²) in [6.07, 6.45) is -0.341. The first-order chi connectivity index (χ1) is 8.59. The molecule has 0 aliphatic carbocycles. The Morgan fingerprint density at radius 2 is 2.39 bits per heavy atom. The van der Waals surface area contributed by atoms with Crippen molar-refractivity contribution < 1.29 is 9.53 Å². The molecule has 2 heterocycles. The molecular formula is C13H20N2O2S. The second-order valence-corrected chi connectivity index (χ2v) is 5.96. The minimum atomic E-state index is -0.341. The zero-order valence-electron chi connectivity index (χ0n) is 11.1. The normalized spacial score (nSPS) is 21.6. The maximum absolute atomic E-state index is 12.3. The Balaban J connectivity index is 2.01. The number of nitrogens with zero attached hydrogens (tertiary/aromatic N) is 1. The summed E-state index contributed by atoms with van der Waals surface area (Å²) in [7, 11) is 1.85. The number of ether oxygens (including phenoxy) is 1. The Morgan fingerprint density at radius 3 is 2.94 bits per heavy atom. The van der Waals surface area contributed by atoms with Gasteiger partial charge < -0.3 is 15.0 Å². The number of likely N-dealkylation sites (N-methyl/N-ethyl adjacent to an activating group) is 1. The molecule has 5 heteroatoms. The van der Waals surface area contributed by atoms with E-state index in [0.29, 0.717) is 13.2 Å². The number of morpholine rings is 1. The fraction of sp³-hybridized carbons (Fsp3) is 0.615. The molecule has 1 N–H and O–H groups in total. The van der Waals surface area contributed by atoms with Crippen molar-refractivity contribution in [2.45, 2.75) is 26.0 Å². The molecule has 1 saturated heterocycles. The van der Waals surface area contributed by atoms with Gasteiger partial charge in [-0.25, -0.2) is 0 Å². The van der Waals surface area contributed by atoms with E-state index in [-0.39, 0.29) is 18.1 Å². The van der Waals surface area contributed by atoms with Crippen molar-refractivity contribution in [3.05, 3.63) is 21.9 Å². The molecule has 0 spiro atoms. The van der Waals surface area contributed by atoms with E-state index in [2.05, 4.69) is 31.3 Å². The highest BCUT2D eigenvalue weighted by Gasteiger charge is 2.28. The van der Waals surface area contributed by atoms with Gasteiger partial charge in [-0.2, -0.15) is 0 Å². The van der Waals surface area contributed by atoms with Crippen LogP contribution in [-0.2, 0) is 9.53 Å². The van der Waals surface area contributed by atoms with Gasteiger partial charge in [0, 0.05) is 29.9 Å². The second kappa shape index (κ2) is 5.82. The van der Waals surface area contributed by atoms with Crippen LogP contribution in [0.15, 0.2) is 12.1 Å². The SMILES string of the molecule is Cc1ccc(C(C)N(C)C(=O)C2CNCCO2)s1. The molecule has 18 heavy (non-hydrogen) atoms. The largest absolute Gasteiger partial charge is 0.366 e. The first-order valence-electron chi connectivity index (χ1n) is 6.25. The lowest BCUT2D eigenvalue weighted by Crippen LogP contribution is -2.48. The van der Waals surface area contributed by atoms with Gasteiger partial charge in [0.2, 0.25) is 0 Å². The molecule has 1 amide bonds. The van der Waals surface area contributed by atoms with Gasteiger partial charge in [-0.3, -0.25) is 4.79 Å². The molecule has 0 aromatic carbocycles. The van der Waals surface area contributed by atoms with E-state index in [1.165, 1.54) is 9.75 Å². The van der Waals surface area contributed by atoms with Crippen molar-refractivity contribution >= 4 is 17.2 Å². The highest BCUT2D eigenvalue weighted by atomic mass is 32.1. The molecule has 1 aromatic heterocycles. The summed E-state index contributed by atoms with van der Waals surface area (Å²) in [6, 6.07) is 4.28. The van der Waals surface area contributed by atoms with E-state index in [1.807, 2.05) is 7.05 Å². The molecule has 2 rings (SSSR count). The fourth-order valence-corrected chi connectivity index (χ4v) is 2.98.